The Morgan fingerprint density at radius 2 is 2.22 bits per heavy atom. The average molecular weight is 306 g/mol. The Kier molecular flexibility index (Phi) is 3.69. The number of halogens is 1. The molecule has 9 heteroatoms. The number of methoxy groups -OCH3 is 1. The lowest BCUT2D eigenvalue weighted by Crippen LogP contribution is -2.14. The van der Waals surface area contributed by atoms with E-state index in [2.05, 4.69) is 14.7 Å². The Labute approximate surface area is 113 Å². The average Bonchev–Trinajstić information content (AvgIpc) is 2.81. The molecule has 0 fully saturated rings. The van der Waals surface area contributed by atoms with Crippen LogP contribution in [0.25, 0.3) is 0 Å². The Bertz CT molecular complexity index is 643. The summed E-state index contributed by atoms with van der Waals surface area (Å²) in [6.07, 6.45) is 0. The zero-order chi connectivity index (χ0) is 13.2. The van der Waals surface area contributed by atoms with Gasteiger partial charge in [0.1, 0.15) is 9.36 Å². The summed E-state index contributed by atoms with van der Waals surface area (Å²) in [6.45, 7) is 0. The fraction of sp³-hybridized carbons (Fsp3) is 0.111. The summed E-state index contributed by atoms with van der Waals surface area (Å²) in [5.74, 6) is 0.0478. The highest BCUT2D eigenvalue weighted by Crippen LogP contribution is 2.21. The van der Waals surface area contributed by atoms with Crippen molar-refractivity contribution in [3.63, 3.8) is 0 Å². The van der Waals surface area contributed by atoms with Crippen LogP contribution in [-0.2, 0) is 10.0 Å². The highest BCUT2D eigenvalue weighted by molar-refractivity contribution is 7.94. The van der Waals surface area contributed by atoms with Crippen molar-refractivity contribution in [3.05, 3.63) is 28.7 Å². The molecule has 0 aliphatic heterocycles. The summed E-state index contributed by atoms with van der Waals surface area (Å²) < 4.78 is 31.1. The Morgan fingerprint density at radius 3 is 2.83 bits per heavy atom. The van der Waals surface area contributed by atoms with Gasteiger partial charge in [0, 0.05) is 6.07 Å². The summed E-state index contributed by atoms with van der Waals surface area (Å²) in [7, 11) is -2.28. The molecule has 2 rings (SSSR count). The number of ether oxygens (including phenoxy) is 1. The van der Waals surface area contributed by atoms with E-state index in [1.54, 1.807) is 11.4 Å². The van der Waals surface area contributed by atoms with Crippen molar-refractivity contribution in [2.24, 2.45) is 0 Å². The molecule has 0 saturated carbocycles. The summed E-state index contributed by atoms with van der Waals surface area (Å²) >= 11 is 6.81. The quantitative estimate of drug-likeness (QED) is 0.874. The van der Waals surface area contributed by atoms with Gasteiger partial charge in [0.15, 0.2) is 0 Å². The van der Waals surface area contributed by atoms with Gasteiger partial charge in [0.25, 0.3) is 10.0 Å². The van der Waals surface area contributed by atoms with Crippen molar-refractivity contribution in [2.45, 2.75) is 4.21 Å². The van der Waals surface area contributed by atoms with Crippen LogP contribution >= 0.6 is 22.9 Å². The molecular weight excluding hydrogens is 298 g/mol. The van der Waals surface area contributed by atoms with E-state index >= 15 is 0 Å². The summed E-state index contributed by atoms with van der Waals surface area (Å²) in [5, 5.41) is 1.75. The predicted octanol–water partition coefficient (Wildman–Crippen LogP) is 2.00. The van der Waals surface area contributed by atoms with Crippen molar-refractivity contribution >= 4 is 38.9 Å². The Hall–Kier alpha value is -1.38. The molecule has 2 aromatic rings. The van der Waals surface area contributed by atoms with Crippen LogP contribution in [0, 0.1) is 0 Å². The molecular formula is C9H8ClN3O3S2. The zero-order valence-electron chi connectivity index (χ0n) is 9.12. The fourth-order valence-corrected chi connectivity index (χ4v) is 3.24. The first-order valence-corrected chi connectivity index (χ1v) is 7.40. The lowest BCUT2D eigenvalue weighted by Gasteiger charge is -2.06. The molecule has 0 radical (unpaired) electrons. The van der Waals surface area contributed by atoms with Gasteiger partial charge in [-0.15, -0.1) is 11.3 Å². The molecule has 6 nitrogen and oxygen atoms in total. The number of nitrogens with zero attached hydrogens (tertiary/aromatic N) is 2. The van der Waals surface area contributed by atoms with E-state index in [1.807, 2.05) is 0 Å². The first-order chi connectivity index (χ1) is 8.51. The van der Waals surface area contributed by atoms with Gasteiger partial charge in [-0.3, -0.25) is 0 Å². The topological polar surface area (TPSA) is 81.2 Å². The maximum atomic E-state index is 11.9. The van der Waals surface area contributed by atoms with Crippen LogP contribution in [0.1, 0.15) is 0 Å². The molecule has 0 aliphatic rings. The number of hydrogen-bond donors (Lipinski definition) is 1. The summed E-state index contributed by atoms with van der Waals surface area (Å²) in [5.41, 5.74) is 0. The van der Waals surface area contributed by atoms with Gasteiger partial charge < -0.3 is 4.74 Å². The van der Waals surface area contributed by atoms with E-state index in [0.717, 1.165) is 11.3 Å². The molecule has 0 aromatic carbocycles. The molecule has 0 saturated heterocycles. The van der Waals surface area contributed by atoms with Gasteiger partial charge in [-0.05, 0) is 11.4 Å². The molecule has 0 spiro atoms. The lowest BCUT2D eigenvalue weighted by atomic mass is 10.6. The maximum Gasteiger partial charge on any atom is 0.273 e. The second-order valence-corrected chi connectivity index (χ2v) is 6.34. The number of rotatable bonds is 4. The molecule has 18 heavy (non-hydrogen) atoms. The minimum atomic E-state index is -3.68. The molecule has 0 unspecified atom stereocenters. The third-order valence-corrected chi connectivity index (χ3v) is 4.79. The van der Waals surface area contributed by atoms with Gasteiger partial charge in [-0.2, -0.15) is 4.98 Å². The monoisotopic (exact) mass is 305 g/mol. The third-order valence-electron chi connectivity index (χ3n) is 1.87. The van der Waals surface area contributed by atoms with Gasteiger partial charge in [0.05, 0.1) is 7.11 Å². The van der Waals surface area contributed by atoms with Crippen molar-refractivity contribution in [2.75, 3.05) is 11.8 Å². The van der Waals surface area contributed by atoms with Gasteiger partial charge in [-0.1, -0.05) is 17.7 Å². The minimum Gasteiger partial charge on any atom is -0.481 e. The van der Waals surface area contributed by atoms with Crippen LogP contribution in [0.5, 0.6) is 5.88 Å². The normalized spacial score (nSPS) is 11.2. The van der Waals surface area contributed by atoms with E-state index in [1.165, 1.54) is 19.2 Å². The van der Waals surface area contributed by atoms with Gasteiger partial charge >= 0.3 is 0 Å². The lowest BCUT2D eigenvalue weighted by molar-refractivity contribution is 0.397. The fourth-order valence-electron chi connectivity index (χ4n) is 1.13. The highest BCUT2D eigenvalue weighted by Gasteiger charge is 2.17. The van der Waals surface area contributed by atoms with Crippen molar-refractivity contribution in [1.82, 2.24) is 9.97 Å². The largest absolute Gasteiger partial charge is 0.481 e. The van der Waals surface area contributed by atoms with E-state index in [0.29, 0.717) is 0 Å². The highest BCUT2D eigenvalue weighted by atomic mass is 35.5. The van der Waals surface area contributed by atoms with Crippen LogP contribution in [0.15, 0.2) is 27.8 Å². The Morgan fingerprint density at radius 1 is 1.44 bits per heavy atom. The van der Waals surface area contributed by atoms with Crippen LogP contribution in [-0.4, -0.2) is 25.5 Å². The molecule has 0 atom stereocenters. The number of thiophene rings is 1. The van der Waals surface area contributed by atoms with E-state index < -0.39 is 10.0 Å². The first-order valence-electron chi connectivity index (χ1n) is 4.66. The predicted molar refractivity (Wildman–Crippen MR) is 68.7 cm³/mol. The summed E-state index contributed by atoms with van der Waals surface area (Å²) in [6, 6.07) is 4.50. The number of hydrogen-bond acceptors (Lipinski definition) is 6. The van der Waals surface area contributed by atoms with E-state index in [-0.39, 0.29) is 21.2 Å². The third kappa shape index (κ3) is 2.89. The molecule has 96 valence electrons. The molecule has 0 aliphatic carbocycles. The smallest absolute Gasteiger partial charge is 0.273 e. The molecule has 1 N–H and O–H groups in total. The number of aromatic nitrogens is 2. The minimum absolute atomic E-state index is 0.0886. The van der Waals surface area contributed by atoms with E-state index in [4.69, 9.17) is 16.3 Å². The van der Waals surface area contributed by atoms with Crippen molar-refractivity contribution < 1.29 is 13.2 Å². The zero-order valence-corrected chi connectivity index (χ0v) is 11.5. The standard InChI is InChI=1S/C9H8ClN3O3S2/c1-16-7-5-6(10)11-9(12-7)13-18(14,15)8-3-2-4-17-8/h2-5H,1H3,(H,11,12,13). The molecule has 2 aromatic heterocycles. The second kappa shape index (κ2) is 5.09. The maximum absolute atomic E-state index is 11.9. The molecule has 2 heterocycles. The molecule has 0 bridgehead atoms. The summed E-state index contributed by atoms with van der Waals surface area (Å²) in [4.78, 5) is 7.61. The SMILES string of the molecule is COc1cc(Cl)nc(NS(=O)(=O)c2cccs2)n1. The number of anilines is 1. The molecule has 0 amide bonds. The van der Waals surface area contributed by atoms with Gasteiger partial charge in [-0.25, -0.2) is 18.1 Å². The van der Waals surface area contributed by atoms with E-state index in [9.17, 15) is 8.42 Å². The second-order valence-electron chi connectivity index (χ2n) is 3.09. The van der Waals surface area contributed by atoms with Crippen LogP contribution < -0.4 is 9.46 Å². The first kappa shape index (κ1) is 13.1. The van der Waals surface area contributed by atoms with Crippen LogP contribution in [0.4, 0.5) is 5.95 Å². The van der Waals surface area contributed by atoms with Crippen molar-refractivity contribution in [1.29, 1.82) is 0 Å². The Balaban J connectivity index is 2.32. The van der Waals surface area contributed by atoms with Crippen molar-refractivity contribution in [3.8, 4) is 5.88 Å². The van der Waals surface area contributed by atoms with Gasteiger partial charge in [0.2, 0.25) is 11.8 Å². The van der Waals surface area contributed by atoms with Crippen LogP contribution in [0.2, 0.25) is 5.15 Å². The van der Waals surface area contributed by atoms with Crippen LogP contribution in [0.3, 0.4) is 0 Å². The number of sulfonamides is 1. The number of nitrogens with one attached hydrogen (secondary N) is 1.